The van der Waals surface area contributed by atoms with Crippen LogP contribution in [0, 0.1) is 5.92 Å². The number of benzene rings is 2. The van der Waals surface area contributed by atoms with E-state index in [0.717, 1.165) is 4.68 Å². The van der Waals surface area contributed by atoms with Crippen LogP contribution >= 0.6 is 0 Å². The van der Waals surface area contributed by atoms with Crippen LogP contribution < -0.4 is 21.7 Å². The van der Waals surface area contributed by atoms with Crippen molar-refractivity contribution < 1.29 is 29.0 Å². The second-order valence-corrected chi connectivity index (χ2v) is 10.5. The molecule has 0 aliphatic carbocycles. The number of rotatable bonds is 6. The van der Waals surface area contributed by atoms with E-state index in [2.05, 4.69) is 26.0 Å². The number of nitrogen functional groups attached to an aromatic ring is 1. The summed E-state index contributed by atoms with van der Waals surface area (Å²) in [5.74, 6) is -2.11. The number of aliphatic carboxylic acids is 1. The summed E-state index contributed by atoms with van der Waals surface area (Å²) in [5, 5.41) is 21.9. The van der Waals surface area contributed by atoms with Crippen molar-refractivity contribution in [1.82, 2.24) is 25.0 Å². The van der Waals surface area contributed by atoms with Gasteiger partial charge in [0.1, 0.15) is 5.60 Å². The van der Waals surface area contributed by atoms with E-state index in [1.807, 2.05) is 0 Å². The minimum atomic E-state index is -1.02. The van der Waals surface area contributed by atoms with Crippen LogP contribution in [0.3, 0.4) is 0 Å². The first kappa shape index (κ1) is 29.6. The lowest BCUT2D eigenvalue weighted by Crippen LogP contribution is -2.40. The molecule has 4 rings (SSSR count). The second-order valence-electron chi connectivity index (χ2n) is 10.5. The Morgan fingerprint density at radius 1 is 1.02 bits per heavy atom. The monoisotopic (exact) mass is 576 g/mol. The third-order valence-corrected chi connectivity index (χ3v) is 6.13. The van der Waals surface area contributed by atoms with Crippen molar-refractivity contribution in [3.05, 3.63) is 65.9 Å². The molecule has 0 fully saturated rings. The van der Waals surface area contributed by atoms with Crippen molar-refractivity contribution in [3.8, 4) is 0 Å². The SMILES string of the molecule is CNC(=O)c1ccc(Nc2nc(N)n(C(=O)Nc3ccc(C4=CN(C(=O)OC(C)(C)C)CC(C(=O)O)C4)cc3)n2)cc1. The van der Waals surface area contributed by atoms with E-state index in [1.165, 1.54) is 4.90 Å². The van der Waals surface area contributed by atoms with Gasteiger partial charge in [0.2, 0.25) is 11.9 Å². The molecule has 14 nitrogen and oxygen atoms in total. The fourth-order valence-corrected chi connectivity index (χ4v) is 4.12. The van der Waals surface area contributed by atoms with Gasteiger partial charge in [0.15, 0.2) is 0 Å². The van der Waals surface area contributed by atoms with Gasteiger partial charge in [-0.2, -0.15) is 4.98 Å². The average molecular weight is 577 g/mol. The highest BCUT2D eigenvalue weighted by Crippen LogP contribution is 2.30. The molecule has 6 N–H and O–H groups in total. The number of allylic oxidation sites excluding steroid dienone is 1. The molecule has 0 radical (unpaired) electrons. The Bertz CT molecular complexity index is 1520. The summed E-state index contributed by atoms with van der Waals surface area (Å²) in [5.41, 5.74) is 7.98. The lowest BCUT2D eigenvalue weighted by Gasteiger charge is -2.31. The maximum atomic E-state index is 12.9. The van der Waals surface area contributed by atoms with Gasteiger partial charge in [0.25, 0.3) is 5.91 Å². The van der Waals surface area contributed by atoms with E-state index in [0.29, 0.717) is 28.1 Å². The number of nitrogens with zero attached hydrogens (tertiary/aromatic N) is 4. The third kappa shape index (κ3) is 7.21. The Hall–Kier alpha value is -5.40. The molecule has 0 bridgehead atoms. The predicted octanol–water partition coefficient (Wildman–Crippen LogP) is 3.73. The van der Waals surface area contributed by atoms with Crippen molar-refractivity contribution in [3.63, 3.8) is 0 Å². The van der Waals surface area contributed by atoms with Crippen LogP contribution in [0.4, 0.5) is 32.9 Å². The standard InChI is InChI=1S/C28H32N8O6/c1-28(2,3)42-27(41)35-14-18(13-19(15-35)23(38)39)16-5-9-21(10-6-16)32-26(40)36-24(29)33-25(34-36)31-20-11-7-17(8-12-20)22(37)30-4/h5-12,14,19H,13,15H2,1-4H3,(H,30,37)(H,32,40)(H,38,39)(H3,29,31,33,34). The minimum Gasteiger partial charge on any atom is -0.481 e. The van der Waals surface area contributed by atoms with Gasteiger partial charge in [-0.3, -0.25) is 14.5 Å². The highest BCUT2D eigenvalue weighted by molar-refractivity contribution is 5.94. The molecule has 1 aromatic heterocycles. The number of carboxylic acid groups (broad SMARTS) is 1. The Morgan fingerprint density at radius 2 is 1.67 bits per heavy atom. The summed E-state index contributed by atoms with van der Waals surface area (Å²) in [6.07, 6.45) is 1.19. The molecule has 1 aliphatic rings. The first-order chi connectivity index (χ1) is 19.8. The van der Waals surface area contributed by atoms with Crippen molar-refractivity contribution in [2.45, 2.75) is 32.8 Å². The number of carboxylic acids is 1. The Morgan fingerprint density at radius 3 is 2.26 bits per heavy atom. The van der Waals surface area contributed by atoms with Crippen molar-refractivity contribution >= 4 is 52.8 Å². The van der Waals surface area contributed by atoms with Gasteiger partial charge in [-0.25, -0.2) is 9.59 Å². The zero-order valence-electron chi connectivity index (χ0n) is 23.5. The minimum absolute atomic E-state index is 0.000613. The lowest BCUT2D eigenvalue weighted by atomic mass is 9.91. The highest BCUT2D eigenvalue weighted by atomic mass is 16.6. The summed E-state index contributed by atoms with van der Waals surface area (Å²) < 4.78 is 6.31. The fourth-order valence-electron chi connectivity index (χ4n) is 4.12. The number of nitrogens with one attached hydrogen (secondary N) is 3. The zero-order chi connectivity index (χ0) is 30.6. The van der Waals surface area contributed by atoms with E-state index in [9.17, 15) is 24.3 Å². The lowest BCUT2D eigenvalue weighted by molar-refractivity contribution is -0.142. The van der Waals surface area contributed by atoms with Gasteiger partial charge in [0, 0.05) is 36.7 Å². The topological polar surface area (TPSA) is 194 Å². The molecule has 1 aliphatic heterocycles. The molecule has 0 saturated carbocycles. The number of carbonyl (C=O) groups is 4. The van der Waals surface area contributed by atoms with Crippen molar-refractivity contribution in [2.75, 3.05) is 30.0 Å². The van der Waals surface area contributed by atoms with Crippen LogP contribution in [0.15, 0.2) is 54.7 Å². The quantitative estimate of drug-likeness (QED) is 0.289. The maximum Gasteiger partial charge on any atom is 0.414 e. The summed E-state index contributed by atoms with van der Waals surface area (Å²) in [6.45, 7) is 5.21. The van der Waals surface area contributed by atoms with Crippen LogP contribution in [-0.2, 0) is 9.53 Å². The molecule has 0 saturated heterocycles. The van der Waals surface area contributed by atoms with Gasteiger partial charge in [-0.05, 0) is 74.7 Å². The van der Waals surface area contributed by atoms with E-state index < -0.39 is 29.6 Å². The van der Waals surface area contributed by atoms with E-state index >= 15 is 0 Å². The van der Waals surface area contributed by atoms with Gasteiger partial charge >= 0.3 is 18.1 Å². The first-order valence-corrected chi connectivity index (χ1v) is 13.0. The van der Waals surface area contributed by atoms with Gasteiger partial charge < -0.3 is 31.5 Å². The molecule has 2 heterocycles. The maximum absolute atomic E-state index is 12.9. The fraction of sp³-hybridized carbons (Fsp3) is 0.286. The van der Waals surface area contributed by atoms with Gasteiger partial charge in [-0.1, -0.05) is 12.1 Å². The van der Waals surface area contributed by atoms with Crippen LogP contribution in [0.1, 0.15) is 43.1 Å². The highest BCUT2D eigenvalue weighted by Gasteiger charge is 2.31. The molecule has 220 valence electrons. The molecule has 3 amide bonds. The second kappa shape index (κ2) is 12.0. The molecular formula is C28H32N8O6. The number of aromatic nitrogens is 3. The van der Waals surface area contributed by atoms with Gasteiger partial charge in [-0.15, -0.1) is 9.78 Å². The van der Waals surface area contributed by atoms with E-state index in [-0.39, 0.29) is 30.8 Å². The average Bonchev–Trinajstić information content (AvgIpc) is 3.32. The normalized spacial score (nSPS) is 14.9. The van der Waals surface area contributed by atoms with E-state index in [1.54, 1.807) is 82.5 Å². The van der Waals surface area contributed by atoms with Crippen molar-refractivity contribution in [1.29, 1.82) is 0 Å². The molecule has 3 aromatic rings. The first-order valence-electron chi connectivity index (χ1n) is 13.0. The molecule has 1 atom stereocenters. The molecule has 42 heavy (non-hydrogen) atoms. The van der Waals surface area contributed by atoms with Crippen LogP contribution in [0.5, 0.6) is 0 Å². The largest absolute Gasteiger partial charge is 0.481 e. The smallest absolute Gasteiger partial charge is 0.414 e. The predicted molar refractivity (Wildman–Crippen MR) is 155 cm³/mol. The molecular weight excluding hydrogens is 544 g/mol. The van der Waals surface area contributed by atoms with Crippen LogP contribution in [0.25, 0.3) is 5.57 Å². The summed E-state index contributed by atoms with van der Waals surface area (Å²) >= 11 is 0. The third-order valence-electron chi connectivity index (χ3n) is 6.13. The van der Waals surface area contributed by atoms with Gasteiger partial charge in [0.05, 0.1) is 5.92 Å². The Labute approximate surface area is 241 Å². The number of anilines is 4. The number of amides is 3. The summed E-state index contributed by atoms with van der Waals surface area (Å²) in [4.78, 5) is 54.3. The summed E-state index contributed by atoms with van der Waals surface area (Å²) in [6, 6.07) is 12.6. The number of hydrogen-bond donors (Lipinski definition) is 5. The number of hydrogen-bond acceptors (Lipinski definition) is 9. The number of ether oxygens (including phenoxy) is 1. The summed E-state index contributed by atoms with van der Waals surface area (Å²) in [7, 11) is 1.54. The molecule has 14 heteroatoms. The van der Waals surface area contributed by atoms with E-state index in [4.69, 9.17) is 10.5 Å². The van der Waals surface area contributed by atoms with Crippen molar-refractivity contribution in [2.24, 2.45) is 5.92 Å². The van der Waals surface area contributed by atoms with Crippen LogP contribution in [0.2, 0.25) is 0 Å². The molecule has 1 unspecified atom stereocenters. The number of nitrogens with two attached hydrogens (primary N) is 1. The molecule has 0 spiro atoms. The zero-order valence-corrected chi connectivity index (χ0v) is 23.5. The molecule has 2 aromatic carbocycles. The number of carbonyl (C=O) groups excluding carboxylic acids is 3. The van der Waals surface area contributed by atoms with Crippen LogP contribution in [-0.4, -0.2) is 68.0 Å². The Balaban J connectivity index is 1.44. The Kier molecular flexibility index (Phi) is 8.45.